The smallest absolute Gasteiger partial charge is 0.0900 e. The summed E-state index contributed by atoms with van der Waals surface area (Å²) in [5.41, 5.74) is 15.7. The van der Waals surface area contributed by atoms with E-state index in [1.807, 2.05) is 48.8 Å². The molecule has 232 valence electrons. The molecule has 9 aromatic rings. The van der Waals surface area contributed by atoms with Gasteiger partial charge in [-0.3, -0.25) is 9.97 Å². The quantitative estimate of drug-likeness (QED) is 0.189. The first kappa shape index (κ1) is 28.3. The first-order valence-corrected chi connectivity index (χ1v) is 16.9. The highest BCUT2D eigenvalue weighted by Crippen LogP contribution is 2.58. The van der Waals surface area contributed by atoms with Crippen molar-refractivity contribution in [2.75, 3.05) is 0 Å². The average molecular weight is 636 g/mol. The fourth-order valence-electron chi connectivity index (χ4n) is 7.84. The molecule has 0 bridgehead atoms. The Hall–Kier alpha value is -6.71. The molecule has 10 rings (SSSR count). The second-order valence-corrected chi connectivity index (χ2v) is 12.7. The molecule has 50 heavy (non-hydrogen) atoms. The third-order valence-electron chi connectivity index (χ3n) is 9.91. The van der Waals surface area contributed by atoms with Crippen molar-refractivity contribution in [3.8, 4) is 78.4 Å². The van der Waals surface area contributed by atoms with Crippen LogP contribution in [0.25, 0.3) is 100.0 Å². The third kappa shape index (κ3) is 4.41. The molecule has 3 nitrogen and oxygen atoms in total. The third-order valence-corrected chi connectivity index (χ3v) is 9.91. The van der Waals surface area contributed by atoms with Gasteiger partial charge in [0.15, 0.2) is 0 Å². The molecule has 0 atom stereocenters. The topological polar surface area (TPSA) is 38.7 Å². The Morgan fingerprint density at radius 1 is 0.300 bits per heavy atom. The summed E-state index contributed by atoms with van der Waals surface area (Å²) in [6, 6.07) is 58.3. The van der Waals surface area contributed by atoms with Gasteiger partial charge < -0.3 is 0 Å². The number of fused-ring (bicyclic) bond motifs is 4. The summed E-state index contributed by atoms with van der Waals surface area (Å²) in [6.45, 7) is 0. The van der Waals surface area contributed by atoms with Crippen LogP contribution in [0.4, 0.5) is 0 Å². The second kappa shape index (κ2) is 11.5. The van der Waals surface area contributed by atoms with E-state index in [2.05, 4.69) is 137 Å². The van der Waals surface area contributed by atoms with Crippen LogP contribution in [0, 0.1) is 0 Å². The zero-order chi connectivity index (χ0) is 33.0. The fourth-order valence-corrected chi connectivity index (χ4v) is 7.84. The molecule has 0 N–H and O–H groups in total. The van der Waals surface area contributed by atoms with Gasteiger partial charge in [0.1, 0.15) is 0 Å². The van der Waals surface area contributed by atoms with Crippen molar-refractivity contribution < 1.29 is 0 Å². The summed E-state index contributed by atoms with van der Waals surface area (Å²) in [7, 11) is 0. The van der Waals surface area contributed by atoms with E-state index in [0.29, 0.717) is 0 Å². The Kier molecular flexibility index (Phi) is 6.49. The van der Waals surface area contributed by atoms with Gasteiger partial charge in [-0.05, 0) is 114 Å². The van der Waals surface area contributed by atoms with Crippen molar-refractivity contribution in [1.82, 2.24) is 15.0 Å². The van der Waals surface area contributed by atoms with Crippen molar-refractivity contribution in [2.45, 2.75) is 0 Å². The van der Waals surface area contributed by atoms with Crippen LogP contribution in [-0.4, -0.2) is 15.0 Å². The minimum absolute atomic E-state index is 0.819. The van der Waals surface area contributed by atoms with E-state index in [1.165, 1.54) is 66.1 Å². The van der Waals surface area contributed by atoms with E-state index in [1.54, 1.807) is 0 Å². The molecule has 0 spiro atoms. The zero-order valence-corrected chi connectivity index (χ0v) is 27.1. The van der Waals surface area contributed by atoms with E-state index >= 15 is 0 Å². The molecule has 1 aliphatic rings. The highest BCUT2D eigenvalue weighted by molar-refractivity contribution is 6.28. The maximum absolute atomic E-state index is 5.06. The summed E-state index contributed by atoms with van der Waals surface area (Å²) in [5, 5.41) is 5.01. The van der Waals surface area contributed by atoms with E-state index < -0.39 is 0 Å². The number of hydrogen-bond acceptors (Lipinski definition) is 3. The molecular weight excluding hydrogens is 607 g/mol. The summed E-state index contributed by atoms with van der Waals surface area (Å²) >= 11 is 0. The van der Waals surface area contributed by atoms with Crippen LogP contribution in [-0.2, 0) is 0 Å². The Bertz CT molecular complexity index is 2570. The van der Waals surface area contributed by atoms with Gasteiger partial charge in [0.05, 0.1) is 22.8 Å². The first-order valence-electron chi connectivity index (χ1n) is 16.9. The second-order valence-electron chi connectivity index (χ2n) is 12.7. The number of hydrogen-bond donors (Lipinski definition) is 0. The summed E-state index contributed by atoms with van der Waals surface area (Å²) in [5.74, 6) is 0. The van der Waals surface area contributed by atoms with Crippen molar-refractivity contribution in [3.05, 3.63) is 176 Å². The summed E-state index contributed by atoms with van der Waals surface area (Å²) < 4.78 is 0. The van der Waals surface area contributed by atoms with E-state index in [9.17, 15) is 0 Å². The maximum atomic E-state index is 5.06. The van der Waals surface area contributed by atoms with Crippen LogP contribution in [0.1, 0.15) is 0 Å². The lowest BCUT2D eigenvalue weighted by Crippen LogP contribution is -1.94. The predicted molar refractivity (Wildman–Crippen MR) is 206 cm³/mol. The molecule has 3 aromatic heterocycles. The number of pyridine rings is 3. The zero-order valence-electron chi connectivity index (χ0n) is 27.1. The highest BCUT2D eigenvalue weighted by Gasteiger charge is 2.31. The molecule has 0 aliphatic heterocycles. The predicted octanol–water partition coefficient (Wildman–Crippen LogP) is 12.2. The Morgan fingerprint density at radius 3 is 1.32 bits per heavy atom. The van der Waals surface area contributed by atoms with E-state index in [0.717, 1.165) is 33.9 Å². The molecule has 0 amide bonds. The van der Waals surface area contributed by atoms with Crippen LogP contribution in [0.5, 0.6) is 0 Å². The lowest BCUT2D eigenvalue weighted by atomic mass is 9.82. The average Bonchev–Trinajstić information content (AvgIpc) is 3.53. The van der Waals surface area contributed by atoms with Crippen LogP contribution in [0.2, 0.25) is 0 Å². The van der Waals surface area contributed by atoms with Crippen LogP contribution < -0.4 is 0 Å². The normalized spacial score (nSPS) is 11.6. The molecule has 0 fully saturated rings. The van der Waals surface area contributed by atoms with Crippen molar-refractivity contribution in [1.29, 1.82) is 0 Å². The lowest BCUT2D eigenvalue weighted by Gasteiger charge is -2.20. The molecular formula is C47H29N3. The Balaban J connectivity index is 1.30. The number of nitrogens with zero attached hydrogens (tertiary/aromatic N) is 3. The minimum atomic E-state index is 0.819. The molecule has 0 saturated carbocycles. The SMILES string of the molecule is c1ccc(-c2c3c(c(-c4ccccc4)c4ccccc24)-c2ccc(-c4cc(-c5ccccn5)nc(-c5ccccn5)c4)c4cccc-3c24)cc1. The van der Waals surface area contributed by atoms with Gasteiger partial charge in [-0.15, -0.1) is 0 Å². The molecule has 0 unspecified atom stereocenters. The number of aromatic nitrogens is 3. The monoisotopic (exact) mass is 635 g/mol. The largest absolute Gasteiger partial charge is 0.255 e. The van der Waals surface area contributed by atoms with Crippen molar-refractivity contribution in [3.63, 3.8) is 0 Å². The number of rotatable bonds is 5. The Labute approximate surface area is 290 Å². The maximum Gasteiger partial charge on any atom is 0.0900 e. The van der Waals surface area contributed by atoms with Gasteiger partial charge in [0.25, 0.3) is 0 Å². The summed E-state index contributed by atoms with van der Waals surface area (Å²) in [6.07, 6.45) is 3.64. The van der Waals surface area contributed by atoms with Crippen LogP contribution in [0.15, 0.2) is 176 Å². The molecule has 6 aromatic carbocycles. The standard InChI is InChI=1S/C47H29N3/c1-3-14-30(15-4-1)43-35-18-7-8-19-36(35)44(31-16-5-2-6-17-31)47-38-25-24-33(34-20-13-21-37(45(34)38)46(43)47)32-28-41(39-22-9-11-26-48-39)50-42(29-32)40-23-10-12-27-49-40/h1-29H. The van der Waals surface area contributed by atoms with Gasteiger partial charge in [0, 0.05) is 12.4 Å². The van der Waals surface area contributed by atoms with Crippen LogP contribution >= 0.6 is 0 Å². The molecule has 0 saturated heterocycles. The summed E-state index contributed by atoms with van der Waals surface area (Å²) in [4.78, 5) is 14.4. The lowest BCUT2D eigenvalue weighted by molar-refractivity contribution is 1.22. The molecule has 3 heteroatoms. The van der Waals surface area contributed by atoms with Crippen LogP contribution in [0.3, 0.4) is 0 Å². The molecule has 3 heterocycles. The molecule has 0 radical (unpaired) electrons. The van der Waals surface area contributed by atoms with Gasteiger partial charge in [-0.2, -0.15) is 0 Å². The van der Waals surface area contributed by atoms with Crippen molar-refractivity contribution in [2.24, 2.45) is 0 Å². The first-order chi connectivity index (χ1) is 24.8. The van der Waals surface area contributed by atoms with Gasteiger partial charge in [0.2, 0.25) is 0 Å². The highest BCUT2D eigenvalue weighted by atomic mass is 14.8. The minimum Gasteiger partial charge on any atom is -0.255 e. The number of benzene rings is 6. The van der Waals surface area contributed by atoms with E-state index in [-0.39, 0.29) is 0 Å². The van der Waals surface area contributed by atoms with Gasteiger partial charge >= 0.3 is 0 Å². The van der Waals surface area contributed by atoms with E-state index in [4.69, 9.17) is 4.98 Å². The fraction of sp³-hybridized carbons (Fsp3) is 0. The van der Waals surface area contributed by atoms with Gasteiger partial charge in [-0.1, -0.05) is 127 Å². The molecule has 1 aliphatic carbocycles. The van der Waals surface area contributed by atoms with Crippen molar-refractivity contribution >= 4 is 21.5 Å². The van der Waals surface area contributed by atoms with Gasteiger partial charge in [-0.25, -0.2) is 4.98 Å². The Morgan fingerprint density at radius 2 is 0.780 bits per heavy atom.